The molecule has 0 saturated heterocycles. The van der Waals surface area contributed by atoms with Gasteiger partial charge in [0, 0.05) is 12.1 Å². The van der Waals surface area contributed by atoms with Crippen LogP contribution < -0.4 is 14.8 Å². The maximum absolute atomic E-state index is 12.4. The number of carbonyl (C=O) groups is 1. The number of sulfonamides is 1. The zero-order valence-electron chi connectivity index (χ0n) is 16.2. The Morgan fingerprint density at radius 3 is 2.24 bits per heavy atom. The van der Waals surface area contributed by atoms with Crippen LogP contribution in [0, 0.1) is 6.92 Å². The Morgan fingerprint density at radius 1 is 0.931 bits per heavy atom. The van der Waals surface area contributed by atoms with Crippen LogP contribution in [0.5, 0.6) is 11.5 Å². The minimum absolute atomic E-state index is 0.286. The van der Waals surface area contributed by atoms with Gasteiger partial charge >= 0.3 is 0 Å². The number of ether oxygens (including phenoxy) is 1. The summed E-state index contributed by atoms with van der Waals surface area (Å²) in [6.07, 6.45) is 1.07. The van der Waals surface area contributed by atoms with Crippen molar-refractivity contribution in [3.63, 3.8) is 0 Å². The number of amides is 1. The van der Waals surface area contributed by atoms with Crippen LogP contribution in [0.2, 0.25) is 0 Å². The van der Waals surface area contributed by atoms with E-state index in [1.54, 1.807) is 19.1 Å². The minimum atomic E-state index is -3.42. The molecule has 0 saturated carbocycles. The summed E-state index contributed by atoms with van der Waals surface area (Å²) in [5, 5.41) is 2.84. The maximum Gasteiger partial charge on any atom is 0.251 e. The third-order valence-corrected chi connectivity index (χ3v) is 4.74. The summed E-state index contributed by atoms with van der Waals surface area (Å²) in [6.45, 7) is 2.11. The van der Waals surface area contributed by atoms with Gasteiger partial charge in [-0.05, 0) is 54.4 Å². The molecule has 0 aromatic heterocycles. The number of rotatable bonds is 7. The Bertz CT molecular complexity index is 1100. The van der Waals surface area contributed by atoms with E-state index in [0.29, 0.717) is 23.5 Å². The Kier molecular flexibility index (Phi) is 6.19. The standard InChI is InChI=1S/C22H22N2O4S/c1-16-8-11-18(14-21(16)24-29(2,26)27)22(25)23-15-17-9-12-20(13-10-17)28-19-6-4-3-5-7-19/h3-14,24H,15H2,1-2H3,(H,23,25). The lowest BCUT2D eigenvalue weighted by molar-refractivity contribution is 0.0951. The van der Waals surface area contributed by atoms with Gasteiger partial charge in [-0.15, -0.1) is 0 Å². The van der Waals surface area contributed by atoms with Gasteiger partial charge in [0.25, 0.3) is 5.91 Å². The Labute approximate surface area is 170 Å². The van der Waals surface area contributed by atoms with Crippen LogP contribution in [-0.4, -0.2) is 20.6 Å². The lowest BCUT2D eigenvalue weighted by Gasteiger charge is -2.11. The lowest BCUT2D eigenvalue weighted by atomic mass is 10.1. The van der Waals surface area contributed by atoms with E-state index in [4.69, 9.17) is 4.74 Å². The van der Waals surface area contributed by atoms with Crippen LogP contribution in [0.1, 0.15) is 21.5 Å². The fourth-order valence-corrected chi connectivity index (χ4v) is 3.28. The summed E-state index contributed by atoms with van der Waals surface area (Å²) in [5.74, 6) is 1.18. The van der Waals surface area contributed by atoms with E-state index in [2.05, 4.69) is 10.0 Å². The molecule has 3 aromatic carbocycles. The third-order valence-electron chi connectivity index (χ3n) is 4.15. The first-order valence-electron chi connectivity index (χ1n) is 8.99. The first-order chi connectivity index (χ1) is 13.8. The van der Waals surface area contributed by atoms with Crippen LogP contribution in [0.3, 0.4) is 0 Å². The molecule has 0 heterocycles. The van der Waals surface area contributed by atoms with Crippen molar-refractivity contribution in [3.8, 4) is 11.5 Å². The molecule has 0 radical (unpaired) electrons. The Balaban J connectivity index is 1.61. The van der Waals surface area contributed by atoms with Crippen molar-refractivity contribution >= 4 is 21.6 Å². The number of para-hydroxylation sites is 1. The fourth-order valence-electron chi connectivity index (χ4n) is 2.66. The average Bonchev–Trinajstić information content (AvgIpc) is 2.69. The molecule has 150 valence electrons. The quantitative estimate of drug-likeness (QED) is 0.614. The molecular formula is C22H22N2O4S. The van der Waals surface area contributed by atoms with Crippen molar-refractivity contribution in [2.24, 2.45) is 0 Å². The minimum Gasteiger partial charge on any atom is -0.457 e. The molecule has 2 N–H and O–H groups in total. The second kappa shape index (κ2) is 8.79. The summed E-state index contributed by atoms with van der Waals surface area (Å²) in [6, 6.07) is 21.8. The van der Waals surface area contributed by atoms with Gasteiger partial charge in [-0.3, -0.25) is 9.52 Å². The predicted octanol–water partition coefficient (Wildman–Crippen LogP) is 4.09. The van der Waals surface area contributed by atoms with Crippen LogP contribution in [0.15, 0.2) is 72.8 Å². The molecule has 0 aliphatic carbocycles. The number of hydrogen-bond acceptors (Lipinski definition) is 4. The second-order valence-electron chi connectivity index (χ2n) is 6.65. The van der Waals surface area contributed by atoms with Crippen LogP contribution in [-0.2, 0) is 16.6 Å². The Morgan fingerprint density at radius 2 is 1.59 bits per heavy atom. The van der Waals surface area contributed by atoms with Crippen molar-refractivity contribution in [2.45, 2.75) is 13.5 Å². The molecule has 29 heavy (non-hydrogen) atoms. The smallest absolute Gasteiger partial charge is 0.251 e. The van der Waals surface area contributed by atoms with E-state index < -0.39 is 10.0 Å². The molecule has 0 aliphatic heterocycles. The number of benzene rings is 3. The van der Waals surface area contributed by atoms with Crippen LogP contribution in [0.4, 0.5) is 5.69 Å². The highest BCUT2D eigenvalue weighted by Crippen LogP contribution is 2.21. The monoisotopic (exact) mass is 410 g/mol. The molecule has 7 heteroatoms. The molecule has 0 fully saturated rings. The number of hydrogen-bond donors (Lipinski definition) is 2. The van der Waals surface area contributed by atoms with Gasteiger partial charge in [-0.25, -0.2) is 8.42 Å². The molecule has 3 rings (SSSR count). The zero-order chi connectivity index (χ0) is 20.9. The topological polar surface area (TPSA) is 84.5 Å². The lowest BCUT2D eigenvalue weighted by Crippen LogP contribution is -2.23. The molecule has 0 spiro atoms. The second-order valence-corrected chi connectivity index (χ2v) is 8.39. The van der Waals surface area contributed by atoms with Crippen molar-refractivity contribution < 1.29 is 17.9 Å². The zero-order valence-corrected chi connectivity index (χ0v) is 17.0. The van der Waals surface area contributed by atoms with Crippen molar-refractivity contribution in [3.05, 3.63) is 89.5 Å². The van der Waals surface area contributed by atoms with Gasteiger partial charge in [-0.2, -0.15) is 0 Å². The Hall–Kier alpha value is -3.32. The van der Waals surface area contributed by atoms with Gasteiger partial charge in [0.15, 0.2) is 0 Å². The highest BCUT2D eigenvalue weighted by molar-refractivity contribution is 7.92. The molecule has 1 amide bonds. The third kappa shape index (κ3) is 6.08. The van der Waals surface area contributed by atoms with Crippen LogP contribution in [0.25, 0.3) is 0 Å². The van der Waals surface area contributed by atoms with Crippen molar-refractivity contribution in [1.82, 2.24) is 5.32 Å². The molecule has 0 atom stereocenters. The molecule has 6 nitrogen and oxygen atoms in total. The van der Waals surface area contributed by atoms with E-state index in [1.165, 1.54) is 6.07 Å². The fraction of sp³-hybridized carbons (Fsp3) is 0.136. The first kappa shape index (κ1) is 20.4. The highest BCUT2D eigenvalue weighted by atomic mass is 32.2. The van der Waals surface area contributed by atoms with E-state index >= 15 is 0 Å². The number of nitrogens with one attached hydrogen (secondary N) is 2. The van der Waals surface area contributed by atoms with Crippen molar-refractivity contribution in [2.75, 3.05) is 11.0 Å². The summed E-state index contributed by atoms with van der Waals surface area (Å²) in [7, 11) is -3.42. The molecule has 0 aliphatic rings. The average molecular weight is 410 g/mol. The van der Waals surface area contributed by atoms with Gasteiger partial charge in [0.05, 0.1) is 11.9 Å². The first-order valence-corrected chi connectivity index (χ1v) is 10.9. The van der Waals surface area contributed by atoms with Crippen LogP contribution >= 0.6 is 0 Å². The van der Waals surface area contributed by atoms with Gasteiger partial charge in [0.2, 0.25) is 10.0 Å². The summed E-state index contributed by atoms with van der Waals surface area (Å²) in [5.41, 5.74) is 2.43. The van der Waals surface area contributed by atoms with Crippen molar-refractivity contribution in [1.29, 1.82) is 0 Å². The maximum atomic E-state index is 12.4. The summed E-state index contributed by atoms with van der Waals surface area (Å²) < 4.78 is 31.1. The van der Waals surface area contributed by atoms with Gasteiger partial charge in [0.1, 0.15) is 11.5 Å². The SMILES string of the molecule is Cc1ccc(C(=O)NCc2ccc(Oc3ccccc3)cc2)cc1NS(C)(=O)=O. The summed E-state index contributed by atoms with van der Waals surface area (Å²) >= 11 is 0. The molecule has 0 bridgehead atoms. The largest absolute Gasteiger partial charge is 0.457 e. The number of anilines is 1. The summed E-state index contributed by atoms with van der Waals surface area (Å²) in [4.78, 5) is 12.4. The van der Waals surface area contributed by atoms with E-state index in [1.807, 2.05) is 54.6 Å². The van der Waals surface area contributed by atoms with Gasteiger partial charge in [-0.1, -0.05) is 36.4 Å². The number of carbonyl (C=O) groups excluding carboxylic acids is 1. The molecule has 3 aromatic rings. The van der Waals surface area contributed by atoms with Gasteiger partial charge < -0.3 is 10.1 Å². The van der Waals surface area contributed by atoms with E-state index in [-0.39, 0.29) is 5.91 Å². The molecule has 0 unspecified atom stereocenters. The number of aryl methyl sites for hydroxylation is 1. The van der Waals surface area contributed by atoms with E-state index in [9.17, 15) is 13.2 Å². The van der Waals surface area contributed by atoms with E-state index in [0.717, 1.165) is 23.1 Å². The normalized spacial score (nSPS) is 11.0. The highest BCUT2D eigenvalue weighted by Gasteiger charge is 2.11. The molecular weight excluding hydrogens is 388 g/mol. The predicted molar refractivity (Wildman–Crippen MR) is 114 cm³/mol.